The van der Waals surface area contributed by atoms with Crippen molar-refractivity contribution in [1.82, 2.24) is 4.90 Å². The molecule has 0 aromatic heterocycles. The Morgan fingerprint density at radius 2 is 2.12 bits per heavy atom. The Morgan fingerprint density at radius 3 is 2.73 bits per heavy atom. The number of rotatable bonds is 8. The first kappa shape index (κ1) is 19.7. The van der Waals surface area contributed by atoms with Crippen molar-refractivity contribution in [2.24, 2.45) is 0 Å². The van der Waals surface area contributed by atoms with E-state index in [1.807, 2.05) is 6.07 Å². The van der Waals surface area contributed by atoms with Gasteiger partial charge in [-0.1, -0.05) is 0 Å². The number of esters is 1. The molecule has 0 aliphatic carbocycles. The molecule has 1 fully saturated rings. The monoisotopic (exact) mass is 360 g/mol. The van der Waals surface area contributed by atoms with E-state index in [0.29, 0.717) is 24.5 Å². The van der Waals surface area contributed by atoms with Crippen LogP contribution in [0.3, 0.4) is 0 Å². The minimum Gasteiger partial charge on any atom is -0.491 e. The summed E-state index contributed by atoms with van der Waals surface area (Å²) in [4.78, 5) is 25.6. The molecule has 0 unspecified atom stereocenters. The molecule has 1 amide bonds. The van der Waals surface area contributed by atoms with E-state index in [1.165, 1.54) is 11.8 Å². The van der Waals surface area contributed by atoms with Crippen LogP contribution in [0.25, 0.3) is 0 Å². The van der Waals surface area contributed by atoms with Gasteiger partial charge in [0.15, 0.2) is 6.10 Å². The number of hydrogen-bond acceptors (Lipinski definition) is 6. The Labute approximate surface area is 153 Å². The van der Waals surface area contributed by atoms with Crippen LogP contribution in [-0.2, 0) is 14.3 Å². The average molecular weight is 360 g/mol. The maximum absolute atomic E-state index is 12.2. The van der Waals surface area contributed by atoms with Gasteiger partial charge in [0.25, 0.3) is 5.91 Å². The summed E-state index contributed by atoms with van der Waals surface area (Å²) in [5.74, 6) is -0.271. The van der Waals surface area contributed by atoms with E-state index in [-0.39, 0.29) is 18.4 Å². The van der Waals surface area contributed by atoms with Crippen molar-refractivity contribution in [3.8, 4) is 11.8 Å². The van der Waals surface area contributed by atoms with Gasteiger partial charge in [-0.2, -0.15) is 5.26 Å². The summed E-state index contributed by atoms with van der Waals surface area (Å²) in [5, 5.41) is 8.56. The largest absolute Gasteiger partial charge is 0.491 e. The van der Waals surface area contributed by atoms with E-state index in [0.717, 1.165) is 19.4 Å². The molecule has 1 heterocycles. The zero-order valence-corrected chi connectivity index (χ0v) is 15.1. The summed E-state index contributed by atoms with van der Waals surface area (Å²) in [6, 6.07) is 8.56. The van der Waals surface area contributed by atoms with Gasteiger partial charge in [-0.15, -0.1) is 0 Å². The van der Waals surface area contributed by atoms with E-state index in [1.54, 1.807) is 31.3 Å². The van der Waals surface area contributed by atoms with Gasteiger partial charge in [-0.05, 0) is 44.0 Å². The summed E-state index contributed by atoms with van der Waals surface area (Å²) in [6.45, 7) is 3.09. The fraction of sp³-hybridized carbons (Fsp3) is 0.526. The summed E-state index contributed by atoms with van der Waals surface area (Å²) in [6.07, 6.45) is 1.50. The normalized spacial score (nSPS) is 17.2. The van der Waals surface area contributed by atoms with Crippen LogP contribution >= 0.6 is 0 Å². The Bertz CT molecular complexity index is 647. The molecular weight excluding hydrogens is 336 g/mol. The minimum atomic E-state index is -0.915. The van der Waals surface area contributed by atoms with Crippen LogP contribution in [0.2, 0.25) is 0 Å². The topological polar surface area (TPSA) is 88.9 Å². The molecule has 0 bridgehead atoms. The molecule has 2 rings (SSSR count). The number of hydrogen-bond donors (Lipinski definition) is 0. The van der Waals surface area contributed by atoms with Crippen molar-refractivity contribution in [1.29, 1.82) is 5.26 Å². The molecule has 140 valence electrons. The smallest absolute Gasteiger partial charge is 0.338 e. The predicted molar refractivity (Wildman–Crippen MR) is 93.7 cm³/mol. The number of carbonyl (C=O) groups excluding carboxylic acids is 2. The number of ether oxygens (including phenoxy) is 3. The van der Waals surface area contributed by atoms with Gasteiger partial charge in [0.05, 0.1) is 24.2 Å². The van der Waals surface area contributed by atoms with Crippen LogP contribution in [0, 0.1) is 11.3 Å². The van der Waals surface area contributed by atoms with Crippen molar-refractivity contribution in [2.75, 3.05) is 26.8 Å². The number of benzene rings is 1. The Morgan fingerprint density at radius 1 is 1.38 bits per heavy atom. The molecule has 0 radical (unpaired) electrons. The highest BCUT2D eigenvalue weighted by Gasteiger charge is 2.22. The highest BCUT2D eigenvalue weighted by molar-refractivity contribution is 5.92. The zero-order valence-electron chi connectivity index (χ0n) is 15.1. The minimum absolute atomic E-state index is 0.129. The van der Waals surface area contributed by atoms with E-state index in [9.17, 15) is 9.59 Å². The van der Waals surface area contributed by atoms with Crippen LogP contribution < -0.4 is 4.74 Å². The van der Waals surface area contributed by atoms with E-state index in [2.05, 4.69) is 0 Å². The van der Waals surface area contributed by atoms with Crippen LogP contribution in [0.5, 0.6) is 5.75 Å². The van der Waals surface area contributed by atoms with Gasteiger partial charge < -0.3 is 19.1 Å². The number of nitriles is 1. The third-order valence-corrected chi connectivity index (χ3v) is 4.12. The van der Waals surface area contributed by atoms with Crippen LogP contribution in [0.1, 0.15) is 36.5 Å². The van der Waals surface area contributed by atoms with Gasteiger partial charge in [0, 0.05) is 20.2 Å². The summed E-state index contributed by atoms with van der Waals surface area (Å²) < 4.78 is 16.3. The number of nitrogens with zero attached hydrogens (tertiary/aromatic N) is 2. The van der Waals surface area contributed by atoms with Crippen molar-refractivity contribution >= 4 is 11.9 Å². The van der Waals surface area contributed by atoms with Crippen LogP contribution in [0.15, 0.2) is 24.3 Å². The summed E-state index contributed by atoms with van der Waals surface area (Å²) in [5.41, 5.74) is 0.341. The van der Waals surface area contributed by atoms with Gasteiger partial charge in [0.1, 0.15) is 12.4 Å². The highest BCUT2D eigenvalue weighted by atomic mass is 16.5. The van der Waals surface area contributed by atoms with Gasteiger partial charge in [0.2, 0.25) is 0 Å². The Kier molecular flexibility index (Phi) is 7.42. The standard InChI is InChI=1S/C19H24N2O5/c1-14(18(22)21(2)11-4-10-20)26-19(23)15-6-8-16(9-7-15)25-13-17-5-3-12-24-17/h6-9,14,17H,3-5,11-13H2,1-2H3/t14-,17+/m1/s1. The lowest BCUT2D eigenvalue weighted by Crippen LogP contribution is -2.37. The van der Waals surface area contributed by atoms with Crippen LogP contribution in [0.4, 0.5) is 0 Å². The van der Waals surface area contributed by atoms with Crippen molar-refractivity contribution in [2.45, 2.75) is 38.4 Å². The molecule has 1 aliphatic rings. The molecule has 1 saturated heterocycles. The molecule has 7 nitrogen and oxygen atoms in total. The van der Waals surface area contributed by atoms with E-state index >= 15 is 0 Å². The molecule has 1 aliphatic heterocycles. The van der Waals surface area contributed by atoms with Crippen LogP contribution in [-0.4, -0.2) is 55.8 Å². The second-order valence-corrected chi connectivity index (χ2v) is 6.19. The first-order valence-corrected chi connectivity index (χ1v) is 8.68. The first-order chi connectivity index (χ1) is 12.5. The maximum atomic E-state index is 12.2. The number of amides is 1. The molecule has 1 aromatic carbocycles. The van der Waals surface area contributed by atoms with Crippen molar-refractivity contribution in [3.63, 3.8) is 0 Å². The number of carbonyl (C=O) groups is 2. The molecule has 2 atom stereocenters. The zero-order chi connectivity index (χ0) is 18.9. The highest BCUT2D eigenvalue weighted by Crippen LogP contribution is 2.17. The lowest BCUT2D eigenvalue weighted by atomic mass is 10.2. The predicted octanol–water partition coefficient (Wildman–Crippen LogP) is 2.16. The van der Waals surface area contributed by atoms with Gasteiger partial charge in [-0.25, -0.2) is 4.79 Å². The SMILES string of the molecule is C[C@@H](OC(=O)c1ccc(OC[C@@H]2CCCO2)cc1)C(=O)N(C)CCC#N. The molecule has 0 spiro atoms. The quantitative estimate of drug-likeness (QED) is 0.660. The average Bonchev–Trinajstić information content (AvgIpc) is 3.17. The molecule has 0 saturated carbocycles. The fourth-order valence-electron chi connectivity index (χ4n) is 2.57. The maximum Gasteiger partial charge on any atom is 0.338 e. The van der Waals surface area contributed by atoms with Crippen molar-refractivity contribution in [3.05, 3.63) is 29.8 Å². The molecular formula is C19H24N2O5. The molecule has 26 heavy (non-hydrogen) atoms. The second kappa shape index (κ2) is 9.78. The lowest BCUT2D eigenvalue weighted by Gasteiger charge is -2.20. The molecule has 7 heteroatoms. The van der Waals surface area contributed by atoms with E-state index < -0.39 is 12.1 Å². The third-order valence-electron chi connectivity index (χ3n) is 4.12. The van der Waals surface area contributed by atoms with Gasteiger partial charge in [-0.3, -0.25) is 4.79 Å². The summed E-state index contributed by atoms with van der Waals surface area (Å²) >= 11 is 0. The fourth-order valence-corrected chi connectivity index (χ4v) is 2.57. The molecule has 0 N–H and O–H groups in total. The third kappa shape index (κ3) is 5.74. The van der Waals surface area contributed by atoms with Gasteiger partial charge >= 0.3 is 5.97 Å². The van der Waals surface area contributed by atoms with E-state index in [4.69, 9.17) is 19.5 Å². The Hall–Kier alpha value is -2.59. The Balaban J connectivity index is 1.82. The lowest BCUT2D eigenvalue weighted by molar-refractivity contribution is -0.138. The van der Waals surface area contributed by atoms with Crippen molar-refractivity contribution < 1.29 is 23.8 Å². The molecule has 1 aromatic rings. The summed E-state index contributed by atoms with van der Waals surface area (Å²) in [7, 11) is 1.57. The second-order valence-electron chi connectivity index (χ2n) is 6.19. The first-order valence-electron chi connectivity index (χ1n) is 8.68. The number of likely N-dealkylation sites (N-methyl/N-ethyl adjacent to an activating group) is 1.